The molecular formula is C26H26ClN5O3S. The minimum Gasteiger partial charge on any atom is -0.484 e. The summed E-state index contributed by atoms with van der Waals surface area (Å²) in [5.74, 6) is -0.244. The van der Waals surface area contributed by atoms with Crippen molar-refractivity contribution < 1.29 is 14.6 Å². The lowest BCUT2D eigenvalue weighted by atomic mass is 10.0. The maximum Gasteiger partial charge on any atom is 0.262 e. The predicted octanol–water partition coefficient (Wildman–Crippen LogP) is 4.69. The van der Waals surface area contributed by atoms with Crippen molar-refractivity contribution in [3.05, 3.63) is 75.4 Å². The number of ether oxygens (including phenoxy) is 1. The zero-order chi connectivity index (χ0) is 26.0. The third-order valence-electron chi connectivity index (χ3n) is 5.78. The van der Waals surface area contributed by atoms with Crippen molar-refractivity contribution in [1.29, 1.82) is 5.26 Å². The lowest BCUT2D eigenvalue weighted by Crippen LogP contribution is -2.42. The van der Waals surface area contributed by atoms with E-state index in [2.05, 4.69) is 16.4 Å². The first-order valence-electron chi connectivity index (χ1n) is 11.2. The number of amides is 1. The number of nitrogens with two attached hydrogens (primary N) is 1. The highest BCUT2D eigenvalue weighted by atomic mass is 35.5. The highest BCUT2D eigenvalue weighted by Gasteiger charge is 2.22. The van der Waals surface area contributed by atoms with Gasteiger partial charge in [0.05, 0.1) is 28.9 Å². The van der Waals surface area contributed by atoms with Crippen molar-refractivity contribution in [1.82, 2.24) is 14.7 Å². The number of thiophene rings is 1. The molecule has 0 radical (unpaired) electrons. The van der Waals surface area contributed by atoms with E-state index in [-0.39, 0.29) is 11.5 Å². The number of primary amides is 1. The van der Waals surface area contributed by atoms with Crippen molar-refractivity contribution in [3.8, 4) is 22.4 Å². The summed E-state index contributed by atoms with van der Waals surface area (Å²) in [6, 6.07) is 13.0. The molecule has 0 spiro atoms. The monoisotopic (exact) mass is 523 g/mol. The molecule has 4 aromatic rings. The van der Waals surface area contributed by atoms with Gasteiger partial charge in [-0.1, -0.05) is 23.7 Å². The number of nitrogens with one attached hydrogen (secondary N) is 1. The summed E-state index contributed by atoms with van der Waals surface area (Å²) in [5.41, 5.74) is 8.88. The number of imidazole rings is 1. The predicted molar refractivity (Wildman–Crippen MR) is 140 cm³/mol. The Hall–Kier alpha value is -3.42. The zero-order valence-electron chi connectivity index (χ0n) is 20.1. The van der Waals surface area contributed by atoms with Crippen LogP contribution in [0.1, 0.15) is 53.2 Å². The second-order valence-corrected chi connectivity index (χ2v) is 10.5. The quantitative estimate of drug-likeness (QED) is 0.292. The number of aliphatic hydroxyl groups is 1. The number of hydrogen-bond donors (Lipinski definition) is 3. The van der Waals surface area contributed by atoms with Gasteiger partial charge in [0.15, 0.2) is 0 Å². The smallest absolute Gasteiger partial charge is 0.262 e. The van der Waals surface area contributed by atoms with E-state index in [1.54, 1.807) is 35.0 Å². The van der Waals surface area contributed by atoms with Crippen LogP contribution in [-0.2, 0) is 6.54 Å². The van der Waals surface area contributed by atoms with Gasteiger partial charge in [-0.2, -0.15) is 5.26 Å². The van der Waals surface area contributed by atoms with E-state index < -0.39 is 17.6 Å². The van der Waals surface area contributed by atoms with E-state index in [0.29, 0.717) is 28.5 Å². The first kappa shape index (κ1) is 25.7. The summed E-state index contributed by atoms with van der Waals surface area (Å²) in [6.45, 7) is 6.25. The van der Waals surface area contributed by atoms with Gasteiger partial charge < -0.3 is 20.9 Å². The number of rotatable bonds is 9. The summed E-state index contributed by atoms with van der Waals surface area (Å²) in [7, 11) is 0. The van der Waals surface area contributed by atoms with Crippen LogP contribution < -0.4 is 15.8 Å². The fraction of sp³-hybridized carbons (Fsp3) is 0.269. The Morgan fingerprint density at radius 2 is 2.14 bits per heavy atom. The van der Waals surface area contributed by atoms with Crippen molar-refractivity contribution in [3.63, 3.8) is 0 Å². The molecule has 1 amide bonds. The molecule has 3 aromatic heterocycles. The number of aliphatic hydroxyl groups excluding tert-OH is 1. The Kier molecular flexibility index (Phi) is 7.33. The Morgan fingerprint density at radius 1 is 1.36 bits per heavy atom. The number of pyridine rings is 1. The molecule has 8 nitrogen and oxygen atoms in total. The van der Waals surface area contributed by atoms with Crippen molar-refractivity contribution >= 4 is 34.5 Å². The van der Waals surface area contributed by atoms with Gasteiger partial charge in [-0.05, 0) is 44.5 Å². The molecule has 1 aromatic carbocycles. The van der Waals surface area contributed by atoms with Crippen LogP contribution in [0.25, 0.3) is 16.2 Å². The van der Waals surface area contributed by atoms with Crippen LogP contribution in [0.5, 0.6) is 5.75 Å². The third-order valence-corrected chi connectivity index (χ3v) is 7.26. The third kappa shape index (κ3) is 5.37. The van der Waals surface area contributed by atoms with Gasteiger partial charge in [0, 0.05) is 34.9 Å². The van der Waals surface area contributed by atoms with Crippen LogP contribution in [0.2, 0.25) is 5.02 Å². The van der Waals surface area contributed by atoms with Crippen LogP contribution in [0.15, 0.2) is 48.8 Å². The Balaban J connectivity index is 1.60. The van der Waals surface area contributed by atoms with Gasteiger partial charge >= 0.3 is 0 Å². The number of fused-ring (bicyclic) bond motifs is 1. The zero-order valence-corrected chi connectivity index (χ0v) is 21.7. The molecule has 4 N–H and O–H groups in total. The van der Waals surface area contributed by atoms with Crippen LogP contribution in [-0.4, -0.2) is 32.5 Å². The normalized spacial score (nSPS) is 12.4. The van der Waals surface area contributed by atoms with Crippen LogP contribution >= 0.6 is 22.9 Å². The molecule has 0 saturated carbocycles. The maximum atomic E-state index is 12.2. The van der Waals surface area contributed by atoms with Gasteiger partial charge in [0.1, 0.15) is 28.4 Å². The topological polar surface area (TPSA) is 126 Å². The number of aromatic nitrogens is 2. The van der Waals surface area contributed by atoms with Crippen LogP contribution in [0.3, 0.4) is 0 Å². The number of carbonyl (C=O) groups is 1. The van der Waals surface area contributed by atoms with E-state index in [0.717, 1.165) is 21.7 Å². The van der Waals surface area contributed by atoms with E-state index in [1.165, 1.54) is 11.3 Å². The average Bonchev–Trinajstić information content (AvgIpc) is 3.46. The number of hydrogen-bond acceptors (Lipinski definition) is 7. The summed E-state index contributed by atoms with van der Waals surface area (Å²) in [4.78, 5) is 17.6. The summed E-state index contributed by atoms with van der Waals surface area (Å²) in [6.07, 6.45) is 2.92. The van der Waals surface area contributed by atoms with E-state index in [9.17, 15) is 15.2 Å². The van der Waals surface area contributed by atoms with E-state index in [4.69, 9.17) is 22.1 Å². The standard InChI is InChI=1S/C26H26ClN5O3S/c1-15(18-6-4-16(8-19(18)27)11-31-26(2,3)14-33)35-21-9-22(36-24(21)25(29)34)20-12-30-23-7-5-17(10-28)13-32(20)23/h4-9,12-13,15,31,33H,11,14H2,1-3H3,(H2,29,34). The molecule has 0 aliphatic rings. The Morgan fingerprint density at radius 3 is 2.81 bits per heavy atom. The van der Waals surface area contributed by atoms with Gasteiger partial charge in [0.2, 0.25) is 0 Å². The molecule has 1 atom stereocenters. The molecule has 3 heterocycles. The molecule has 36 heavy (non-hydrogen) atoms. The van der Waals surface area contributed by atoms with Crippen molar-refractivity contribution in [2.75, 3.05) is 6.61 Å². The minimum absolute atomic E-state index is 0.0170. The van der Waals surface area contributed by atoms with Gasteiger partial charge in [0.25, 0.3) is 5.91 Å². The lowest BCUT2D eigenvalue weighted by Gasteiger charge is -2.24. The SMILES string of the molecule is CC(Oc1cc(-c2cnc3ccc(C#N)cn23)sc1C(N)=O)c1ccc(CNC(C)(C)CO)cc1Cl. The molecule has 0 aliphatic carbocycles. The van der Waals surface area contributed by atoms with E-state index >= 15 is 0 Å². The molecule has 0 fully saturated rings. The van der Waals surface area contributed by atoms with Crippen molar-refractivity contribution in [2.45, 2.75) is 39.0 Å². The second kappa shape index (κ2) is 10.3. The molecule has 4 rings (SSSR count). The molecular weight excluding hydrogens is 498 g/mol. The number of carbonyl (C=O) groups excluding carboxylic acids is 1. The summed E-state index contributed by atoms with van der Waals surface area (Å²) in [5, 5.41) is 22.5. The number of halogens is 1. The van der Waals surface area contributed by atoms with Crippen LogP contribution in [0, 0.1) is 11.3 Å². The second-order valence-electron chi connectivity index (χ2n) is 9.08. The first-order chi connectivity index (χ1) is 17.1. The first-order valence-corrected chi connectivity index (χ1v) is 12.4. The summed E-state index contributed by atoms with van der Waals surface area (Å²) < 4.78 is 7.97. The average molecular weight is 524 g/mol. The molecule has 10 heteroatoms. The number of nitrogens with zero attached hydrogens (tertiary/aromatic N) is 3. The van der Waals surface area contributed by atoms with Crippen molar-refractivity contribution in [2.24, 2.45) is 5.73 Å². The summed E-state index contributed by atoms with van der Waals surface area (Å²) >= 11 is 7.78. The minimum atomic E-state index is -0.598. The lowest BCUT2D eigenvalue weighted by molar-refractivity contribution is 0.0998. The van der Waals surface area contributed by atoms with Gasteiger partial charge in [-0.25, -0.2) is 4.98 Å². The molecule has 1 unspecified atom stereocenters. The number of nitriles is 1. The molecule has 0 saturated heterocycles. The fourth-order valence-electron chi connectivity index (χ4n) is 3.65. The largest absolute Gasteiger partial charge is 0.484 e. The highest BCUT2D eigenvalue weighted by molar-refractivity contribution is 7.17. The van der Waals surface area contributed by atoms with Gasteiger partial charge in [-0.15, -0.1) is 11.3 Å². The number of benzene rings is 1. The fourth-order valence-corrected chi connectivity index (χ4v) is 4.96. The maximum absolute atomic E-state index is 12.2. The Labute approximate surface area is 217 Å². The van der Waals surface area contributed by atoms with Crippen LogP contribution in [0.4, 0.5) is 0 Å². The molecule has 0 aliphatic heterocycles. The Bertz CT molecular complexity index is 1470. The van der Waals surface area contributed by atoms with E-state index in [1.807, 2.05) is 39.0 Å². The van der Waals surface area contributed by atoms with Gasteiger partial charge in [-0.3, -0.25) is 9.20 Å². The molecule has 0 bridgehead atoms. The molecule has 186 valence electrons. The highest BCUT2D eigenvalue weighted by Crippen LogP contribution is 2.39.